The summed E-state index contributed by atoms with van der Waals surface area (Å²) in [6, 6.07) is 3.59. The standard InChI is InChI=1S/C10H7N3O2/c11-4-6-1-2-12-10-9(6)7(5-13-10)3-8(14)15/h1-2,5H,3H2,(H,12,13)(H,14,15). The molecule has 2 rings (SSSR count). The second kappa shape index (κ2) is 3.42. The minimum absolute atomic E-state index is 0.111. The first kappa shape index (κ1) is 9.21. The smallest absolute Gasteiger partial charge is 0.307 e. The highest BCUT2D eigenvalue weighted by molar-refractivity contribution is 5.88. The molecule has 0 atom stereocenters. The number of carboxylic acid groups (broad SMARTS) is 1. The molecule has 2 N–H and O–H groups in total. The Morgan fingerprint density at radius 3 is 3.13 bits per heavy atom. The molecule has 0 unspecified atom stereocenters. The minimum Gasteiger partial charge on any atom is -0.481 e. The van der Waals surface area contributed by atoms with Crippen LogP contribution in [0.5, 0.6) is 0 Å². The molecule has 74 valence electrons. The molecule has 0 fully saturated rings. The molecule has 0 radical (unpaired) electrons. The Morgan fingerprint density at radius 1 is 1.67 bits per heavy atom. The van der Waals surface area contributed by atoms with E-state index in [4.69, 9.17) is 10.4 Å². The lowest BCUT2D eigenvalue weighted by atomic mass is 10.1. The molecule has 0 aliphatic rings. The van der Waals surface area contributed by atoms with Crippen molar-refractivity contribution in [3.63, 3.8) is 0 Å². The fourth-order valence-corrected chi connectivity index (χ4v) is 1.52. The topological polar surface area (TPSA) is 89.8 Å². The van der Waals surface area contributed by atoms with Crippen molar-refractivity contribution in [3.8, 4) is 6.07 Å². The van der Waals surface area contributed by atoms with E-state index < -0.39 is 5.97 Å². The number of hydrogen-bond donors (Lipinski definition) is 2. The summed E-state index contributed by atoms with van der Waals surface area (Å²) in [7, 11) is 0. The maximum atomic E-state index is 10.6. The van der Waals surface area contributed by atoms with Crippen LogP contribution in [-0.4, -0.2) is 21.0 Å². The minimum atomic E-state index is -0.927. The van der Waals surface area contributed by atoms with Gasteiger partial charge in [-0.3, -0.25) is 4.79 Å². The number of aromatic nitrogens is 2. The van der Waals surface area contributed by atoms with Crippen molar-refractivity contribution in [1.29, 1.82) is 5.26 Å². The third-order valence-electron chi connectivity index (χ3n) is 2.12. The van der Waals surface area contributed by atoms with Gasteiger partial charge in [-0.1, -0.05) is 0 Å². The lowest BCUT2D eigenvalue weighted by Crippen LogP contribution is -1.99. The Kier molecular flexibility index (Phi) is 2.10. The first-order valence-corrected chi connectivity index (χ1v) is 4.29. The van der Waals surface area contributed by atoms with Gasteiger partial charge in [0.2, 0.25) is 0 Å². The van der Waals surface area contributed by atoms with Crippen LogP contribution >= 0.6 is 0 Å². The molecule has 0 amide bonds. The van der Waals surface area contributed by atoms with Crippen LogP contribution in [0.1, 0.15) is 11.1 Å². The predicted octanol–water partition coefficient (Wildman–Crippen LogP) is 1.06. The third kappa shape index (κ3) is 1.53. The molecule has 15 heavy (non-hydrogen) atoms. The first-order valence-electron chi connectivity index (χ1n) is 4.29. The Morgan fingerprint density at radius 2 is 2.47 bits per heavy atom. The largest absolute Gasteiger partial charge is 0.481 e. The monoisotopic (exact) mass is 201 g/mol. The van der Waals surface area contributed by atoms with E-state index in [-0.39, 0.29) is 6.42 Å². The lowest BCUT2D eigenvalue weighted by molar-refractivity contribution is -0.136. The van der Waals surface area contributed by atoms with Crippen molar-refractivity contribution in [2.75, 3.05) is 0 Å². The molecule has 2 aromatic heterocycles. The van der Waals surface area contributed by atoms with Gasteiger partial charge in [0.15, 0.2) is 0 Å². The number of aromatic amines is 1. The highest BCUT2D eigenvalue weighted by atomic mass is 16.4. The van der Waals surface area contributed by atoms with E-state index in [9.17, 15) is 4.79 Å². The van der Waals surface area contributed by atoms with E-state index in [0.29, 0.717) is 22.2 Å². The van der Waals surface area contributed by atoms with Gasteiger partial charge in [0.05, 0.1) is 18.1 Å². The zero-order chi connectivity index (χ0) is 10.8. The molecule has 2 aromatic rings. The number of carbonyl (C=O) groups is 1. The molecule has 5 nitrogen and oxygen atoms in total. The number of fused-ring (bicyclic) bond motifs is 1. The number of nitriles is 1. The molecule has 0 aromatic carbocycles. The van der Waals surface area contributed by atoms with Gasteiger partial charge in [0, 0.05) is 17.8 Å². The maximum absolute atomic E-state index is 10.6. The lowest BCUT2D eigenvalue weighted by Gasteiger charge is -1.95. The Balaban J connectivity index is 2.67. The molecule has 2 heterocycles. The van der Waals surface area contributed by atoms with E-state index in [0.717, 1.165) is 0 Å². The highest BCUT2D eigenvalue weighted by Gasteiger charge is 2.11. The van der Waals surface area contributed by atoms with Crippen molar-refractivity contribution in [2.24, 2.45) is 0 Å². The van der Waals surface area contributed by atoms with Crippen LogP contribution in [0.25, 0.3) is 11.0 Å². The van der Waals surface area contributed by atoms with Crippen LogP contribution < -0.4 is 0 Å². The molecular weight excluding hydrogens is 194 g/mol. The molecule has 0 spiro atoms. The molecule has 5 heteroatoms. The zero-order valence-corrected chi connectivity index (χ0v) is 7.69. The van der Waals surface area contributed by atoms with Crippen molar-refractivity contribution < 1.29 is 9.90 Å². The summed E-state index contributed by atoms with van der Waals surface area (Å²) in [5.41, 5.74) is 1.57. The van der Waals surface area contributed by atoms with Crippen molar-refractivity contribution in [2.45, 2.75) is 6.42 Å². The van der Waals surface area contributed by atoms with Crippen LogP contribution in [0.2, 0.25) is 0 Å². The average molecular weight is 201 g/mol. The Bertz CT molecular complexity index is 566. The van der Waals surface area contributed by atoms with E-state index in [2.05, 4.69) is 9.97 Å². The van der Waals surface area contributed by atoms with Crippen LogP contribution in [0.3, 0.4) is 0 Å². The summed E-state index contributed by atoms with van der Waals surface area (Å²) in [6.07, 6.45) is 2.98. The SMILES string of the molecule is N#Cc1ccnc2[nH]cc(CC(=O)O)c12. The van der Waals surface area contributed by atoms with E-state index in [1.807, 2.05) is 6.07 Å². The van der Waals surface area contributed by atoms with Crippen molar-refractivity contribution >= 4 is 17.0 Å². The van der Waals surface area contributed by atoms with Gasteiger partial charge in [-0.15, -0.1) is 0 Å². The number of pyridine rings is 1. The van der Waals surface area contributed by atoms with Crippen LogP contribution in [0, 0.1) is 11.3 Å². The normalized spacial score (nSPS) is 10.1. The van der Waals surface area contributed by atoms with E-state index in [1.165, 1.54) is 6.20 Å². The molecule has 0 bridgehead atoms. The summed E-state index contributed by atoms with van der Waals surface area (Å²) in [6.45, 7) is 0. The van der Waals surface area contributed by atoms with Gasteiger partial charge in [-0.05, 0) is 11.6 Å². The van der Waals surface area contributed by atoms with Gasteiger partial charge in [0.1, 0.15) is 5.65 Å². The van der Waals surface area contributed by atoms with Crippen LogP contribution in [0.4, 0.5) is 0 Å². The molecule has 0 saturated carbocycles. The zero-order valence-electron chi connectivity index (χ0n) is 7.69. The van der Waals surface area contributed by atoms with E-state index in [1.54, 1.807) is 12.3 Å². The quantitative estimate of drug-likeness (QED) is 0.760. The molecule has 0 aliphatic heterocycles. The summed E-state index contributed by atoms with van der Waals surface area (Å²) < 4.78 is 0. The number of hydrogen-bond acceptors (Lipinski definition) is 3. The first-order chi connectivity index (χ1) is 7.22. The van der Waals surface area contributed by atoms with Gasteiger partial charge in [-0.25, -0.2) is 4.98 Å². The van der Waals surface area contributed by atoms with Gasteiger partial charge >= 0.3 is 5.97 Å². The van der Waals surface area contributed by atoms with Crippen molar-refractivity contribution in [1.82, 2.24) is 9.97 Å². The van der Waals surface area contributed by atoms with Gasteiger partial charge in [0.25, 0.3) is 0 Å². The number of rotatable bonds is 2. The number of H-pyrrole nitrogens is 1. The average Bonchev–Trinajstić information content (AvgIpc) is 2.61. The molecular formula is C10H7N3O2. The van der Waals surface area contributed by atoms with E-state index >= 15 is 0 Å². The van der Waals surface area contributed by atoms with Crippen LogP contribution in [-0.2, 0) is 11.2 Å². The maximum Gasteiger partial charge on any atom is 0.307 e. The number of aliphatic carboxylic acids is 1. The third-order valence-corrected chi connectivity index (χ3v) is 2.12. The second-order valence-electron chi connectivity index (χ2n) is 3.08. The number of nitrogens with zero attached hydrogens (tertiary/aromatic N) is 2. The predicted molar refractivity (Wildman–Crippen MR) is 52.1 cm³/mol. The summed E-state index contributed by atoms with van der Waals surface area (Å²) >= 11 is 0. The molecule has 0 aliphatic carbocycles. The van der Waals surface area contributed by atoms with Gasteiger partial charge < -0.3 is 10.1 Å². The summed E-state index contributed by atoms with van der Waals surface area (Å²) in [4.78, 5) is 17.5. The Labute approximate surface area is 85.0 Å². The molecule has 0 saturated heterocycles. The number of nitrogens with one attached hydrogen (secondary N) is 1. The Hall–Kier alpha value is -2.35. The fraction of sp³-hybridized carbons (Fsp3) is 0.100. The second-order valence-corrected chi connectivity index (χ2v) is 3.08. The van der Waals surface area contributed by atoms with Gasteiger partial charge in [-0.2, -0.15) is 5.26 Å². The fourth-order valence-electron chi connectivity index (χ4n) is 1.52. The summed E-state index contributed by atoms with van der Waals surface area (Å²) in [5, 5.41) is 18.2. The number of carboxylic acids is 1. The van der Waals surface area contributed by atoms with Crippen LogP contribution in [0.15, 0.2) is 18.5 Å². The summed E-state index contributed by atoms with van der Waals surface area (Å²) in [5.74, 6) is -0.927. The highest BCUT2D eigenvalue weighted by Crippen LogP contribution is 2.20. The van der Waals surface area contributed by atoms with Crippen molar-refractivity contribution in [3.05, 3.63) is 29.6 Å².